The van der Waals surface area contributed by atoms with Gasteiger partial charge in [0.2, 0.25) is 5.95 Å². The van der Waals surface area contributed by atoms with Crippen molar-refractivity contribution in [1.29, 1.82) is 0 Å². The topological polar surface area (TPSA) is 73.0 Å². The quantitative estimate of drug-likeness (QED) is 0.566. The number of pyridine rings is 1. The lowest BCUT2D eigenvalue weighted by atomic mass is 10.2. The molecule has 6 nitrogen and oxygen atoms in total. The minimum absolute atomic E-state index is 0.0985. The monoisotopic (exact) mass is 386 g/mol. The van der Waals surface area contributed by atoms with E-state index in [4.69, 9.17) is 4.42 Å². The molecule has 1 amide bonds. The first-order valence-electron chi connectivity index (χ1n) is 8.24. The van der Waals surface area contributed by atoms with Crippen LogP contribution >= 0.6 is 0 Å². The summed E-state index contributed by atoms with van der Waals surface area (Å²) >= 11 is 0. The number of amides is 1. The summed E-state index contributed by atoms with van der Waals surface area (Å²) in [5.74, 6) is 0.140. The average Bonchev–Trinajstić information content (AvgIpc) is 3.30. The smallest absolute Gasteiger partial charge is 0.416 e. The molecule has 1 N–H and O–H groups in total. The van der Waals surface area contributed by atoms with Crippen molar-refractivity contribution in [2.75, 3.05) is 5.32 Å². The summed E-state index contributed by atoms with van der Waals surface area (Å²) in [5.41, 5.74) is -0.112. The third kappa shape index (κ3) is 3.46. The van der Waals surface area contributed by atoms with E-state index < -0.39 is 17.6 Å². The summed E-state index contributed by atoms with van der Waals surface area (Å²) in [6.07, 6.45) is -1.53. The maximum Gasteiger partial charge on any atom is 0.416 e. The first kappa shape index (κ1) is 17.8. The second kappa shape index (κ2) is 6.84. The highest BCUT2D eigenvalue weighted by Crippen LogP contribution is 2.32. The van der Waals surface area contributed by atoms with Crippen LogP contribution in [0, 0.1) is 0 Å². The van der Waals surface area contributed by atoms with Crippen molar-refractivity contribution in [1.82, 2.24) is 14.5 Å². The van der Waals surface area contributed by atoms with Crippen molar-refractivity contribution in [2.24, 2.45) is 0 Å². The number of imidazole rings is 1. The van der Waals surface area contributed by atoms with Gasteiger partial charge in [0.15, 0.2) is 0 Å². The molecular formula is C19H13F3N4O2. The number of hydrogen-bond donors (Lipinski definition) is 1. The lowest BCUT2D eigenvalue weighted by Crippen LogP contribution is -2.17. The fourth-order valence-electron chi connectivity index (χ4n) is 2.78. The molecule has 0 aliphatic heterocycles. The molecule has 0 atom stereocenters. The molecule has 0 saturated heterocycles. The summed E-state index contributed by atoms with van der Waals surface area (Å²) < 4.78 is 46.0. The Bertz CT molecular complexity index is 1120. The van der Waals surface area contributed by atoms with Gasteiger partial charge >= 0.3 is 6.18 Å². The highest BCUT2D eigenvalue weighted by molar-refractivity contribution is 6.02. The number of aromatic nitrogens is 3. The van der Waals surface area contributed by atoms with Gasteiger partial charge in [0.05, 0.1) is 29.4 Å². The second-order valence-corrected chi connectivity index (χ2v) is 5.97. The Balaban J connectivity index is 1.77. The molecule has 4 aromatic rings. The van der Waals surface area contributed by atoms with Crippen LogP contribution < -0.4 is 5.32 Å². The van der Waals surface area contributed by atoms with Crippen LogP contribution in [0.4, 0.5) is 19.1 Å². The van der Waals surface area contributed by atoms with Gasteiger partial charge in [0, 0.05) is 6.20 Å². The fourth-order valence-corrected chi connectivity index (χ4v) is 2.78. The highest BCUT2D eigenvalue weighted by Gasteiger charge is 2.31. The van der Waals surface area contributed by atoms with Gasteiger partial charge in [-0.1, -0.05) is 6.07 Å². The van der Waals surface area contributed by atoms with Crippen LogP contribution in [0.15, 0.2) is 65.4 Å². The summed E-state index contributed by atoms with van der Waals surface area (Å²) in [4.78, 5) is 20.6. The van der Waals surface area contributed by atoms with Crippen LogP contribution in [0.3, 0.4) is 0 Å². The van der Waals surface area contributed by atoms with Gasteiger partial charge in [0.1, 0.15) is 11.5 Å². The van der Waals surface area contributed by atoms with Crippen molar-refractivity contribution in [3.63, 3.8) is 0 Å². The van der Waals surface area contributed by atoms with E-state index in [9.17, 15) is 18.0 Å². The Hall–Kier alpha value is -3.62. The van der Waals surface area contributed by atoms with Gasteiger partial charge in [0.25, 0.3) is 5.91 Å². The van der Waals surface area contributed by atoms with Crippen LogP contribution in [0.1, 0.15) is 21.8 Å². The van der Waals surface area contributed by atoms with Crippen molar-refractivity contribution < 1.29 is 22.4 Å². The lowest BCUT2D eigenvalue weighted by Gasteiger charge is -2.09. The van der Waals surface area contributed by atoms with Gasteiger partial charge in [-0.15, -0.1) is 0 Å². The number of hydrogen-bond acceptors (Lipinski definition) is 4. The Labute approximate surface area is 156 Å². The summed E-state index contributed by atoms with van der Waals surface area (Å²) in [6.45, 7) is 0.187. The van der Waals surface area contributed by atoms with Crippen LogP contribution in [-0.4, -0.2) is 20.4 Å². The van der Waals surface area contributed by atoms with Gasteiger partial charge < -0.3 is 8.98 Å². The van der Waals surface area contributed by atoms with Crippen molar-refractivity contribution in [2.45, 2.75) is 12.7 Å². The lowest BCUT2D eigenvalue weighted by molar-refractivity contribution is -0.137. The standard InChI is InChI=1S/C19H13F3N4O2/c20-19(21,22)12-6-7-16-15(10-12)24-18(26(16)11-13-4-3-9-28-13)25-17(27)14-5-1-2-8-23-14/h1-10H,11H2,(H,24,25,27). The van der Waals surface area contributed by atoms with Crippen LogP contribution in [0.2, 0.25) is 0 Å². The maximum atomic E-state index is 13.0. The summed E-state index contributed by atoms with van der Waals surface area (Å²) in [5, 5.41) is 2.61. The molecule has 3 aromatic heterocycles. The minimum Gasteiger partial charge on any atom is -0.467 e. The van der Waals surface area contributed by atoms with E-state index in [1.165, 1.54) is 24.6 Å². The number of fused-ring (bicyclic) bond motifs is 1. The van der Waals surface area contributed by atoms with E-state index in [0.717, 1.165) is 12.1 Å². The van der Waals surface area contributed by atoms with Gasteiger partial charge in [-0.05, 0) is 42.5 Å². The van der Waals surface area contributed by atoms with E-state index >= 15 is 0 Å². The Morgan fingerprint density at radius 2 is 2.00 bits per heavy atom. The number of benzene rings is 1. The van der Waals surface area contributed by atoms with Gasteiger partial charge in [-0.2, -0.15) is 13.2 Å². The number of alkyl halides is 3. The molecule has 4 rings (SSSR count). The highest BCUT2D eigenvalue weighted by atomic mass is 19.4. The van der Waals surface area contributed by atoms with Crippen molar-refractivity contribution >= 4 is 22.9 Å². The number of nitrogens with zero attached hydrogens (tertiary/aromatic N) is 3. The maximum absolute atomic E-state index is 13.0. The molecule has 0 fully saturated rings. The number of halogens is 3. The van der Waals surface area contributed by atoms with Crippen LogP contribution in [0.25, 0.3) is 11.0 Å². The number of anilines is 1. The molecule has 0 aliphatic rings. The first-order chi connectivity index (χ1) is 13.4. The molecule has 0 bridgehead atoms. The molecule has 0 saturated carbocycles. The van der Waals surface area contributed by atoms with Crippen molar-refractivity contribution in [3.8, 4) is 0 Å². The largest absolute Gasteiger partial charge is 0.467 e. The molecule has 142 valence electrons. The fraction of sp³-hybridized carbons (Fsp3) is 0.105. The molecule has 3 heterocycles. The Morgan fingerprint density at radius 1 is 1.14 bits per heavy atom. The SMILES string of the molecule is O=C(Nc1nc2cc(C(F)(F)F)ccc2n1Cc1ccco1)c1ccccn1. The Morgan fingerprint density at radius 3 is 2.68 bits per heavy atom. The number of nitrogens with one attached hydrogen (secondary N) is 1. The number of carbonyl (C=O) groups excluding carboxylic acids is 1. The zero-order valence-corrected chi connectivity index (χ0v) is 14.3. The third-order valence-corrected chi connectivity index (χ3v) is 4.09. The van der Waals surface area contributed by atoms with E-state index in [1.807, 2.05) is 0 Å². The van der Waals surface area contributed by atoms with E-state index in [1.54, 1.807) is 28.8 Å². The third-order valence-electron chi connectivity index (χ3n) is 4.09. The average molecular weight is 386 g/mol. The normalized spacial score (nSPS) is 11.7. The molecule has 0 aliphatic carbocycles. The molecule has 1 aromatic carbocycles. The zero-order valence-electron chi connectivity index (χ0n) is 14.3. The second-order valence-electron chi connectivity index (χ2n) is 5.97. The number of furan rings is 1. The minimum atomic E-state index is -4.49. The molecule has 0 radical (unpaired) electrons. The molecule has 9 heteroatoms. The van der Waals surface area contributed by atoms with E-state index in [0.29, 0.717) is 11.3 Å². The van der Waals surface area contributed by atoms with E-state index in [2.05, 4.69) is 15.3 Å². The number of carbonyl (C=O) groups is 1. The van der Waals surface area contributed by atoms with E-state index in [-0.39, 0.29) is 23.7 Å². The first-order valence-corrected chi connectivity index (χ1v) is 8.24. The summed E-state index contributed by atoms with van der Waals surface area (Å²) in [7, 11) is 0. The Kier molecular flexibility index (Phi) is 4.34. The van der Waals surface area contributed by atoms with Gasteiger partial charge in [-0.3, -0.25) is 15.1 Å². The van der Waals surface area contributed by atoms with Crippen molar-refractivity contribution in [3.05, 3.63) is 78.0 Å². The molecule has 0 unspecified atom stereocenters. The molecule has 0 spiro atoms. The van der Waals surface area contributed by atoms with Crippen LogP contribution in [0.5, 0.6) is 0 Å². The predicted molar refractivity (Wildman–Crippen MR) is 94.7 cm³/mol. The number of rotatable bonds is 4. The molecule has 28 heavy (non-hydrogen) atoms. The molecular weight excluding hydrogens is 373 g/mol. The van der Waals surface area contributed by atoms with Crippen LogP contribution in [-0.2, 0) is 12.7 Å². The summed E-state index contributed by atoms with van der Waals surface area (Å²) in [6, 6.07) is 11.5. The zero-order chi connectivity index (χ0) is 19.7. The predicted octanol–water partition coefficient (Wildman–Crippen LogP) is 4.34. The van der Waals surface area contributed by atoms with Gasteiger partial charge in [-0.25, -0.2) is 4.98 Å².